The Labute approximate surface area is 162 Å². The second-order valence-electron chi connectivity index (χ2n) is 8.38. The van der Waals surface area contributed by atoms with Crippen molar-refractivity contribution in [3.05, 3.63) is 36.5 Å². The molecule has 5 heteroatoms. The molecule has 27 heavy (non-hydrogen) atoms. The number of fused-ring (bicyclic) bond motifs is 1. The zero-order chi connectivity index (χ0) is 18.6. The molecule has 1 aromatic heterocycles. The molecule has 0 amide bonds. The Morgan fingerprint density at radius 1 is 1.00 bits per heavy atom. The number of likely N-dealkylation sites (tertiary alicyclic amines) is 1. The van der Waals surface area contributed by atoms with E-state index in [2.05, 4.69) is 39.2 Å². The van der Waals surface area contributed by atoms with Crippen LogP contribution in [0.5, 0.6) is 0 Å². The predicted octanol–water partition coefficient (Wildman–Crippen LogP) is 2.36. The molecule has 3 N–H and O–H groups in total. The highest BCUT2D eigenvalue weighted by atomic mass is 16.3. The highest BCUT2D eigenvalue weighted by Gasteiger charge is 2.27. The van der Waals surface area contributed by atoms with Crippen LogP contribution in [-0.2, 0) is 6.54 Å². The number of hydrogen-bond donors (Lipinski definition) is 3. The van der Waals surface area contributed by atoms with Crippen LogP contribution in [0, 0.1) is 0 Å². The van der Waals surface area contributed by atoms with Crippen molar-refractivity contribution in [2.75, 3.05) is 19.6 Å². The first-order valence-corrected chi connectivity index (χ1v) is 10.6. The summed E-state index contributed by atoms with van der Waals surface area (Å²) in [6, 6.07) is 11.2. The number of hydrogen-bond acceptors (Lipinski definition) is 4. The average Bonchev–Trinajstić information content (AvgIpc) is 3.08. The summed E-state index contributed by atoms with van der Waals surface area (Å²) in [6.45, 7) is 3.40. The number of aromatic nitrogens is 1. The molecule has 2 aliphatic rings. The molecular weight excluding hydrogens is 338 g/mol. The van der Waals surface area contributed by atoms with Gasteiger partial charge in [0.25, 0.3) is 0 Å². The third-order valence-corrected chi connectivity index (χ3v) is 6.32. The Morgan fingerprint density at radius 3 is 2.59 bits per heavy atom. The molecule has 1 aliphatic carbocycles. The Hall–Kier alpha value is -1.40. The van der Waals surface area contributed by atoms with Gasteiger partial charge >= 0.3 is 0 Å². The molecule has 1 aromatic carbocycles. The molecule has 2 aromatic rings. The van der Waals surface area contributed by atoms with E-state index in [9.17, 15) is 10.2 Å². The van der Waals surface area contributed by atoms with E-state index in [1.54, 1.807) is 0 Å². The summed E-state index contributed by atoms with van der Waals surface area (Å²) >= 11 is 0. The number of para-hydroxylation sites is 1. The first kappa shape index (κ1) is 18.9. The van der Waals surface area contributed by atoms with Gasteiger partial charge in [-0.3, -0.25) is 0 Å². The van der Waals surface area contributed by atoms with E-state index in [0.29, 0.717) is 12.6 Å². The van der Waals surface area contributed by atoms with Gasteiger partial charge in [0, 0.05) is 36.9 Å². The van der Waals surface area contributed by atoms with Crippen LogP contribution >= 0.6 is 0 Å². The highest BCUT2D eigenvalue weighted by molar-refractivity contribution is 5.79. The summed E-state index contributed by atoms with van der Waals surface area (Å²) in [6.07, 6.45) is 8.17. The molecule has 1 saturated carbocycles. The smallest absolute Gasteiger partial charge is 0.0845 e. The third kappa shape index (κ3) is 4.72. The topological polar surface area (TPSA) is 60.7 Å². The van der Waals surface area contributed by atoms with Gasteiger partial charge in [0.15, 0.2) is 0 Å². The fourth-order valence-corrected chi connectivity index (χ4v) is 4.77. The van der Waals surface area contributed by atoms with Gasteiger partial charge in [0.2, 0.25) is 0 Å². The maximum absolute atomic E-state index is 10.6. The van der Waals surface area contributed by atoms with E-state index in [4.69, 9.17) is 0 Å². The van der Waals surface area contributed by atoms with Gasteiger partial charge in [-0.1, -0.05) is 31.0 Å². The molecule has 148 valence electrons. The largest absolute Gasteiger partial charge is 0.392 e. The SMILES string of the molecule is OC(CN1CCC(NC2CCCCC2O)CC1)Cn1ccc2ccccc21. The third-order valence-electron chi connectivity index (χ3n) is 6.32. The van der Waals surface area contributed by atoms with E-state index in [-0.39, 0.29) is 18.2 Å². The summed E-state index contributed by atoms with van der Waals surface area (Å²) < 4.78 is 2.15. The minimum Gasteiger partial charge on any atom is -0.392 e. The number of benzene rings is 1. The molecule has 1 aliphatic heterocycles. The first-order valence-electron chi connectivity index (χ1n) is 10.6. The summed E-state index contributed by atoms with van der Waals surface area (Å²) in [5, 5.41) is 25.7. The van der Waals surface area contributed by atoms with Crippen molar-refractivity contribution < 1.29 is 10.2 Å². The van der Waals surface area contributed by atoms with Gasteiger partial charge in [-0.2, -0.15) is 0 Å². The van der Waals surface area contributed by atoms with Gasteiger partial charge in [0.1, 0.15) is 0 Å². The first-order chi connectivity index (χ1) is 13.2. The van der Waals surface area contributed by atoms with Crippen LogP contribution in [0.1, 0.15) is 38.5 Å². The van der Waals surface area contributed by atoms with Crippen molar-refractivity contribution in [3.8, 4) is 0 Å². The van der Waals surface area contributed by atoms with Crippen molar-refractivity contribution in [2.45, 2.75) is 69.4 Å². The Morgan fingerprint density at radius 2 is 1.78 bits per heavy atom. The van der Waals surface area contributed by atoms with Gasteiger partial charge < -0.3 is 25.0 Å². The minimum absolute atomic E-state index is 0.171. The molecular formula is C22H33N3O2. The van der Waals surface area contributed by atoms with E-state index >= 15 is 0 Å². The monoisotopic (exact) mass is 371 g/mol. The molecule has 3 atom stereocenters. The van der Waals surface area contributed by atoms with Crippen LogP contribution in [0.2, 0.25) is 0 Å². The van der Waals surface area contributed by atoms with Crippen LogP contribution in [-0.4, -0.2) is 63.6 Å². The average molecular weight is 372 g/mol. The Kier molecular flexibility index (Phi) is 6.13. The lowest BCUT2D eigenvalue weighted by Gasteiger charge is -2.37. The van der Waals surface area contributed by atoms with Gasteiger partial charge in [-0.25, -0.2) is 0 Å². The van der Waals surface area contributed by atoms with Crippen molar-refractivity contribution in [2.24, 2.45) is 0 Å². The van der Waals surface area contributed by atoms with E-state index in [1.807, 2.05) is 12.1 Å². The van der Waals surface area contributed by atoms with Crippen LogP contribution in [0.15, 0.2) is 36.5 Å². The predicted molar refractivity (Wildman–Crippen MR) is 109 cm³/mol. The number of rotatable bonds is 6. The van der Waals surface area contributed by atoms with Gasteiger partial charge in [0.05, 0.1) is 12.2 Å². The number of nitrogens with one attached hydrogen (secondary N) is 1. The maximum Gasteiger partial charge on any atom is 0.0845 e. The second-order valence-corrected chi connectivity index (χ2v) is 8.38. The van der Waals surface area contributed by atoms with Gasteiger partial charge in [-0.05, 0) is 56.3 Å². The molecule has 0 radical (unpaired) electrons. The fourth-order valence-electron chi connectivity index (χ4n) is 4.77. The van der Waals surface area contributed by atoms with Crippen molar-refractivity contribution in [1.29, 1.82) is 0 Å². The lowest BCUT2D eigenvalue weighted by atomic mass is 9.91. The normalized spacial score (nSPS) is 26.4. The number of aliphatic hydroxyl groups excluding tert-OH is 2. The van der Waals surface area contributed by atoms with Crippen LogP contribution in [0.25, 0.3) is 10.9 Å². The summed E-state index contributed by atoms with van der Waals surface area (Å²) in [4.78, 5) is 2.38. The Balaban J connectivity index is 1.23. The lowest BCUT2D eigenvalue weighted by Crippen LogP contribution is -2.51. The number of nitrogens with zero attached hydrogens (tertiary/aromatic N) is 2. The second kappa shape index (κ2) is 8.74. The summed E-state index contributed by atoms with van der Waals surface area (Å²) in [5.41, 5.74) is 1.19. The number of aliphatic hydroxyl groups is 2. The van der Waals surface area contributed by atoms with Crippen LogP contribution in [0.4, 0.5) is 0 Å². The van der Waals surface area contributed by atoms with Crippen molar-refractivity contribution >= 4 is 10.9 Å². The zero-order valence-electron chi connectivity index (χ0n) is 16.1. The maximum atomic E-state index is 10.6. The number of piperidine rings is 1. The highest BCUT2D eigenvalue weighted by Crippen LogP contribution is 2.21. The lowest BCUT2D eigenvalue weighted by molar-refractivity contribution is 0.0632. The van der Waals surface area contributed by atoms with E-state index < -0.39 is 0 Å². The fraction of sp³-hybridized carbons (Fsp3) is 0.636. The molecule has 2 heterocycles. The van der Waals surface area contributed by atoms with Crippen LogP contribution < -0.4 is 5.32 Å². The zero-order valence-corrected chi connectivity index (χ0v) is 16.1. The van der Waals surface area contributed by atoms with E-state index in [1.165, 1.54) is 17.3 Å². The molecule has 5 nitrogen and oxygen atoms in total. The summed E-state index contributed by atoms with van der Waals surface area (Å²) in [7, 11) is 0. The number of β-amino-alcohol motifs (C(OH)–C–C–N with tert-alkyl or cyclic N) is 1. The standard InChI is InChI=1S/C22H33N3O2/c26-19(16-25-14-9-17-5-1-3-7-21(17)25)15-24-12-10-18(11-13-24)23-20-6-2-4-8-22(20)27/h1,3,5,7,9,14,18-20,22-23,26-27H,2,4,6,8,10-13,15-16H2. The molecule has 1 saturated heterocycles. The van der Waals surface area contributed by atoms with Crippen molar-refractivity contribution in [1.82, 2.24) is 14.8 Å². The molecule has 4 rings (SSSR count). The molecule has 0 bridgehead atoms. The molecule has 3 unspecified atom stereocenters. The minimum atomic E-state index is -0.356. The molecule has 0 spiro atoms. The quantitative estimate of drug-likeness (QED) is 0.730. The Bertz CT molecular complexity index is 723. The molecule has 2 fully saturated rings. The summed E-state index contributed by atoms with van der Waals surface area (Å²) in [5.74, 6) is 0. The van der Waals surface area contributed by atoms with Gasteiger partial charge in [-0.15, -0.1) is 0 Å². The van der Waals surface area contributed by atoms with Crippen LogP contribution in [0.3, 0.4) is 0 Å². The van der Waals surface area contributed by atoms with Crippen molar-refractivity contribution in [3.63, 3.8) is 0 Å². The van der Waals surface area contributed by atoms with E-state index in [0.717, 1.165) is 51.7 Å².